The predicted molar refractivity (Wildman–Crippen MR) is 115 cm³/mol. The number of amides is 1. The van der Waals surface area contributed by atoms with Gasteiger partial charge in [0.25, 0.3) is 11.1 Å². The Morgan fingerprint density at radius 1 is 1.12 bits per heavy atom. The number of anilines is 1. The molecule has 4 aromatic rings. The molecule has 0 aliphatic heterocycles. The first kappa shape index (κ1) is 21.0. The summed E-state index contributed by atoms with van der Waals surface area (Å²) < 4.78 is 4.90. The molecule has 4 rings (SSSR count). The fourth-order valence-electron chi connectivity index (χ4n) is 3.33. The summed E-state index contributed by atoms with van der Waals surface area (Å²) in [5.74, 6) is -0.00499. The third-order valence-electron chi connectivity index (χ3n) is 5.21. The van der Waals surface area contributed by atoms with Crippen LogP contribution in [0.25, 0.3) is 17.1 Å². The zero-order valence-corrected chi connectivity index (χ0v) is 18.1. The fraction of sp³-hybridized carbons (Fsp3) is 0.316. The number of nitrogens with zero attached hydrogens (tertiary/aromatic N) is 7. The molecule has 0 fully saturated rings. The van der Waals surface area contributed by atoms with Crippen molar-refractivity contribution in [1.82, 2.24) is 38.4 Å². The molecular weight excluding hydrogens is 418 g/mol. The van der Waals surface area contributed by atoms with Gasteiger partial charge in [0.1, 0.15) is 12.4 Å². The summed E-state index contributed by atoms with van der Waals surface area (Å²) in [6, 6.07) is 1.63. The van der Waals surface area contributed by atoms with Crippen LogP contribution in [-0.2, 0) is 25.4 Å². The molecule has 0 bridgehead atoms. The Morgan fingerprint density at radius 3 is 2.53 bits per heavy atom. The van der Waals surface area contributed by atoms with E-state index in [-0.39, 0.29) is 29.2 Å². The number of imidazole rings is 1. The van der Waals surface area contributed by atoms with Crippen molar-refractivity contribution in [3.05, 3.63) is 60.5 Å². The molecular formula is C19H21N9O4. The van der Waals surface area contributed by atoms with Crippen molar-refractivity contribution in [3.8, 4) is 5.95 Å². The summed E-state index contributed by atoms with van der Waals surface area (Å²) in [7, 11) is 2.86. The molecule has 166 valence electrons. The number of aromatic nitrogens is 8. The molecule has 2 N–H and O–H groups in total. The van der Waals surface area contributed by atoms with Crippen molar-refractivity contribution in [2.45, 2.75) is 27.3 Å². The van der Waals surface area contributed by atoms with Crippen molar-refractivity contribution in [2.75, 3.05) is 5.32 Å². The van der Waals surface area contributed by atoms with Crippen molar-refractivity contribution in [1.29, 1.82) is 0 Å². The van der Waals surface area contributed by atoms with Gasteiger partial charge in [-0.3, -0.25) is 28.5 Å². The van der Waals surface area contributed by atoms with E-state index in [2.05, 4.69) is 25.4 Å². The maximum absolute atomic E-state index is 12.8. The molecule has 0 saturated heterocycles. The largest absolute Gasteiger partial charge is 0.332 e. The Morgan fingerprint density at radius 2 is 1.84 bits per heavy atom. The monoisotopic (exact) mass is 439 g/mol. The first-order valence-electron chi connectivity index (χ1n) is 9.63. The van der Waals surface area contributed by atoms with Crippen LogP contribution in [0.4, 0.5) is 5.82 Å². The third kappa shape index (κ3) is 3.33. The highest BCUT2D eigenvalue weighted by Crippen LogP contribution is 2.15. The van der Waals surface area contributed by atoms with Crippen molar-refractivity contribution in [2.24, 2.45) is 14.1 Å². The molecule has 0 atom stereocenters. The Labute approximate surface area is 180 Å². The SMILES string of the molecule is Cc1cc(NC(=O)Cn2cnc3c2c(=O)n(C)c(=O)n3C)n(-c2nc(C)c(C)c(=O)[nH]2)n1. The lowest BCUT2D eigenvalue weighted by Crippen LogP contribution is -2.37. The van der Waals surface area contributed by atoms with E-state index < -0.39 is 17.2 Å². The van der Waals surface area contributed by atoms with E-state index in [1.165, 1.54) is 34.2 Å². The molecule has 0 radical (unpaired) electrons. The Kier molecular flexibility index (Phi) is 4.87. The minimum atomic E-state index is -0.550. The second kappa shape index (κ2) is 7.44. The van der Waals surface area contributed by atoms with Gasteiger partial charge < -0.3 is 9.88 Å². The number of fused-ring (bicyclic) bond motifs is 1. The summed E-state index contributed by atoms with van der Waals surface area (Å²) in [4.78, 5) is 60.6. The minimum absolute atomic E-state index is 0.134. The number of hydrogen-bond acceptors (Lipinski definition) is 7. The van der Waals surface area contributed by atoms with Gasteiger partial charge in [-0.2, -0.15) is 9.78 Å². The molecule has 1 amide bonds. The van der Waals surface area contributed by atoms with Gasteiger partial charge in [0.2, 0.25) is 11.9 Å². The van der Waals surface area contributed by atoms with E-state index in [4.69, 9.17) is 0 Å². The molecule has 0 unspecified atom stereocenters. The summed E-state index contributed by atoms with van der Waals surface area (Å²) in [6.07, 6.45) is 1.33. The van der Waals surface area contributed by atoms with Gasteiger partial charge >= 0.3 is 5.69 Å². The van der Waals surface area contributed by atoms with Crippen molar-refractivity contribution >= 4 is 22.9 Å². The number of nitrogens with one attached hydrogen (secondary N) is 2. The molecule has 0 saturated carbocycles. The average molecular weight is 439 g/mol. The van der Waals surface area contributed by atoms with E-state index in [1.54, 1.807) is 26.8 Å². The highest BCUT2D eigenvalue weighted by Gasteiger charge is 2.18. The Balaban J connectivity index is 1.68. The van der Waals surface area contributed by atoms with Crippen molar-refractivity contribution in [3.63, 3.8) is 0 Å². The highest BCUT2D eigenvalue weighted by molar-refractivity contribution is 5.90. The number of carbonyl (C=O) groups is 1. The number of hydrogen-bond donors (Lipinski definition) is 2. The van der Waals surface area contributed by atoms with E-state index in [1.807, 2.05) is 0 Å². The lowest BCUT2D eigenvalue weighted by molar-refractivity contribution is -0.116. The van der Waals surface area contributed by atoms with Gasteiger partial charge in [0.05, 0.1) is 12.0 Å². The quantitative estimate of drug-likeness (QED) is 0.425. The molecule has 4 aromatic heterocycles. The fourth-order valence-corrected chi connectivity index (χ4v) is 3.33. The summed E-state index contributed by atoms with van der Waals surface area (Å²) in [5.41, 5.74) is 0.588. The lowest BCUT2D eigenvalue weighted by Gasteiger charge is -2.10. The molecule has 0 aliphatic carbocycles. The molecule has 4 heterocycles. The number of aryl methyl sites for hydroxylation is 3. The first-order valence-corrected chi connectivity index (χ1v) is 9.63. The van der Waals surface area contributed by atoms with E-state index in [9.17, 15) is 19.2 Å². The first-order chi connectivity index (χ1) is 15.1. The van der Waals surface area contributed by atoms with Gasteiger partial charge in [-0.05, 0) is 20.8 Å². The van der Waals surface area contributed by atoms with Gasteiger partial charge in [-0.25, -0.2) is 14.8 Å². The third-order valence-corrected chi connectivity index (χ3v) is 5.21. The molecule has 13 nitrogen and oxygen atoms in total. The lowest BCUT2D eigenvalue weighted by atomic mass is 10.3. The maximum Gasteiger partial charge on any atom is 0.332 e. The molecule has 0 aliphatic rings. The van der Waals surface area contributed by atoms with E-state index in [0.29, 0.717) is 22.8 Å². The van der Waals surface area contributed by atoms with E-state index >= 15 is 0 Å². The number of H-pyrrole nitrogens is 1. The van der Waals surface area contributed by atoms with Crippen LogP contribution in [0, 0.1) is 20.8 Å². The standard InChI is InChI=1S/C19H21N9O4/c1-9-6-12(28(24-9)18-21-11(3)10(2)16(30)23-18)22-13(29)7-27-8-20-15-14(27)17(31)26(5)19(32)25(15)4/h6,8H,7H2,1-5H3,(H,22,29)(H,21,23,30). The summed E-state index contributed by atoms with van der Waals surface area (Å²) in [6.45, 7) is 4.88. The van der Waals surface area contributed by atoms with Crippen LogP contribution in [0.15, 0.2) is 26.8 Å². The van der Waals surface area contributed by atoms with Gasteiger partial charge in [0.15, 0.2) is 11.2 Å². The molecule has 0 aromatic carbocycles. The van der Waals surface area contributed by atoms with E-state index in [0.717, 1.165) is 4.57 Å². The van der Waals surface area contributed by atoms with Gasteiger partial charge in [-0.15, -0.1) is 0 Å². The van der Waals surface area contributed by atoms with Crippen LogP contribution in [0.5, 0.6) is 0 Å². The topological polar surface area (TPSA) is 154 Å². The van der Waals surface area contributed by atoms with Crippen LogP contribution >= 0.6 is 0 Å². The normalized spacial score (nSPS) is 11.3. The minimum Gasteiger partial charge on any atom is -0.315 e. The van der Waals surface area contributed by atoms with Gasteiger partial charge in [0, 0.05) is 31.4 Å². The molecule has 13 heteroatoms. The van der Waals surface area contributed by atoms with Crippen LogP contribution in [0.2, 0.25) is 0 Å². The zero-order chi connectivity index (χ0) is 23.3. The predicted octanol–water partition coefficient (Wildman–Crippen LogP) is -0.733. The highest BCUT2D eigenvalue weighted by atomic mass is 16.2. The number of aromatic amines is 1. The van der Waals surface area contributed by atoms with Crippen LogP contribution in [0.1, 0.15) is 17.0 Å². The van der Waals surface area contributed by atoms with Crippen LogP contribution in [-0.4, -0.2) is 44.3 Å². The summed E-state index contributed by atoms with van der Waals surface area (Å²) >= 11 is 0. The van der Waals surface area contributed by atoms with Crippen LogP contribution < -0.4 is 22.1 Å². The number of carbonyl (C=O) groups excluding carboxylic acids is 1. The zero-order valence-electron chi connectivity index (χ0n) is 18.1. The maximum atomic E-state index is 12.8. The molecule has 32 heavy (non-hydrogen) atoms. The second-order valence-corrected chi connectivity index (χ2v) is 7.48. The smallest absolute Gasteiger partial charge is 0.315 e. The Hall–Kier alpha value is -4.29. The van der Waals surface area contributed by atoms with Crippen molar-refractivity contribution < 1.29 is 4.79 Å². The number of rotatable bonds is 4. The summed E-state index contributed by atoms with van der Waals surface area (Å²) in [5, 5.41) is 7.02. The van der Waals surface area contributed by atoms with Gasteiger partial charge in [-0.1, -0.05) is 0 Å². The second-order valence-electron chi connectivity index (χ2n) is 7.48. The Bertz CT molecular complexity index is 1560. The average Bonchev–Trinajstić information content (AvgIpc) is 3.31. The molecule has 0 spiro atoms. The van der Waals surface area contributed by atoms with Crippen LogP contribution in [0.3, 0.4) is 0 Å².